The summed E-state index contributed by atoms with van der Waals surface area (Å²) in [7, 11) is 2.20. The van der Waals surface area contributed by atoms with Gasteiger partial charge in [-0.1, -0.05) is 12.1 Å². The molecule has 0 aliphatic carbocycles. The molecule has 0 amide bonds. The van der Waals surface area contributed by atoms with E-state index in [0.29, 0.717) is 5.56 Å². The van der Waals surface area contributed by atoms with Gasteiger partial charge in [-0.05, 0) is 19.4 Å². The summed E-state index contributed by atoms with van der Waals surface area (Å²) >= 11 is 0. The normalized spacial score (nSPS) is 10.8. The Morgan fingerprint density at radius 3 is 2.10 bits per heavy atom. The zero-order valence-corrected chi connectivity index (χ0v) is 11.6. The van der Waals surface area contributed by atoms with Gasteiger partial charge in [-0.15, -0.1) is 0 Å². The lowest BCUT2D eigenvalue weighted by Gasteiger charge is -2.24. The van der Waals surface area contributed by atoms with Gasteiger partial charge in [-0.25, -0.2) is 0 Å². The number of aryl methyl sites for hydroxylation is 1. The highest BCUT2D eigenvalue weighted by Crippen LogP contribution is 2.34. The molecular formula is C13H15NO6. The van der Waals surface area contributed by atoms with Crippen LogP contribution in [0, 0.1) is 17.0 Å². The van der Waals surface area contributed by atoms with Gasteiger partial charge in [0.25, 0.3) is 5.69 Å². The van der Waals surface area contributed by atoms with Gasteiger partial charge in [-0.3, -0.25) is 19.7 Å². The number of esters is 2. The Balaban J connectivity index is 3.62. The molecule has 7 heteroatoms. The molecule has 0 radical (unpaired) electrons. The van der Waals surface area contributed by atoms with Crippen LogP contribution in [0.25, 0.3) is 0 Å². The van der Waals surface area contributed by atoms with Gasteiger partial charge in [0.1, 0.15) is 0 Å². The summed E-state index contributed by atoms with van der Waals surface area (Å²) in [6.45, 7) is 2.91. The third kappa shape index (κ3) is 2.47. The highest BCUT2D eigenvalue weighted by Gasteiger charge is 2.49. The van der Waals surface area contributed by atoms with E-state index in [9.17, 15) is 19.7 Å². The first kappa shape index (κ1) is 15.6. The van der Waals surface area contributed by atoms with Crippen molar-refractivity contribution in [1.29, 1.82) is 0 Å². The van der Waals surface area contributed by atoms with Crippen LogP contribution in [0.4, 0.5) is 5.69 Å². The Morgan fingerprint density at radius 1 is 1.20 bits per heavy atom. The summed E-state index contributed by atoms with van der Waals surface area (Å²) in [6, 6.07) is 4.23. The van der Waals surface area contributed by atoms with Crippen LogP contribution in [0.2, 0.25) is 0 Å². The molecule has 1 aromatic rings. The minimum absolute atomic E-state index is 0.0631. The van der Waals surface area contributed by atoms with Gasteiger partial charge in [0.15, 0.2) is 5.41 Å². The Morgan fingerprint density at radius 2 is 1.70 bits per heavy atom. The van der Waals surface area contributed by atoms with E-state index in [4.69, 9.17) is 0 Å². The fourth-order valence-electron chi connectivity index (χ4n) is 1.93. The minimum atomic E-state index is -1.89. The lowest BCUT2D eigenvalue weighted by Crippen LogP contribution is -2.43. The summed E-state index contributed by atoms with van der Waals surface area (Å²) in [5.74, 6) is -1.84. The van der Waals surface area contributed by atoms with Crippen LogP contribution in [-0.2, 0) is 24.5 Å². The first-order valence-electron chi connectivity index (χ1n) is 5.71. The molecule has 0 saturated carbocycles. The average molecular weight is 281 g/mol. The van der Waals surface area contributed by atoms with E-state index >= 15 is 0 Å². The Hall–Kier alpha value is -2.44. The molecule has 20 heavy (non-hydrogen) atoms. The van der Waals surface area contributed by atoms with Gasteiger partial charge < -0.3 is 9.47 Å². The first-order chi connectivity index (χ1) is 9.28. The van der Waals surface area contributed by atoms with E-state index in [2.05, 4.69) is 9.47 Å². The Labute approximate surface area is 115 Å². The molecular weight excluding hydrogens is 266 g/mol. The van der Waals surface area contributed by atoms with Crippen molar-refractivity contribution in [3.05, 3.63) is 39.4 Å². The molecule has 0 unspecified atom stereocenters. The van der Waals surface area contributed by atoms with Crippen molar-refractivity contribution in [3.8, 4) is 0 Å². The van der Waals surface area contributed by atoms with Crippen LogP contribution in [0.5, 0.6) is 0 Å². The molecule has 0 aliphatic heterocycles. The second kappa shape index (κ2) is 5.68. The number of hydrogen-bond donors (Lipinski definition) is 0. The zero-order chi connectivity index (χ0) is 15.5. The minimum Gasteiger partial charge on any atom is -0.468 e. The van der Waals surface area contributed by atoms with Gasteiger partial charge in [0, 0.05) is 6.07 Å². The molecule has 0 fully saturated rings. The number of rotatable bonds is 4. The van der Waals surface area contributed by atoms with Gasteiger partial charge in [0.2, 0.25) is 0 Å². The first-order valence-corrected chi connectivity index (χ1v) is 5.71. The van der Waals surface area contributed by atoms with Crippen molar-refractivity contribution >= 4 is 17.6 Å². The van der Waals surface area contributed by atoms with E-state index in [-0.39, 0.29) is 11.3 Å². The Kier molecular flexibility index (Phi) is 4.44. The number of carbonyl (C=O) groups is 2. The molecule has 0 saturated heterocycles. The molecule has 0 spiro atoms. The third-order valence-electron chi connectivity index (χ3n) is 3.08. The number of benzene rings is 1. The van der Waals surface area contributed by atoms with Gasteiger partial charge in [0.05, 0.1) is 24.7 Å². The van der Waals surface area contributed by atoms with Crippen molar-refractivity contribution in [1.82, 2.24) is 0 Å². The summed E-state index contributed by atoms with van der Waals surface area (Å²) < 4.78 is 9.19. The number of hydrogen-bond acceptors (Lipinski definition) is 6. The zero-order valence-electron chi connectivity index (χ0n) is 11.6. The van der Waals surface area contributed by atoms with E-state index in [1.807, 2.05) is 0 Å². The van der Waals surface area contributed by atoms with Gasteiger partial charge in [-0.2, -0.15) is 0 Å². The molecule has 0 atom stereocenters. The fourth-order valence-corrected chi connectivity index (χ4v) is 1.93. The molecule has 0 heterocycles. The van der Waals surface area contributed by atoms with Crippen molar-refractivity contribution in [2.45, 2.75) is 19.3 Å². The monoisotopic (exact) mass is 281 g/mol. The Bertz CT molecular complexity index is 550. The quantitative estimate of drug-likeness (QED) is 0.359. The van der Waals surface area contributed by atoms with Crippen LogP contribution in [-0.4, -0.2) is 31.1 Å². The summed E-state index contributed by atoms with van der Waals surface area (Å²) in [5.41, 5.74) is -1.65. The predicted octanol–water partition coefficient (Wildman–Crippen LogP) is 1.51. The van der Waals surface area contributed by atoms with Crippen molar-refractivity contribution < 1.29 is 24.0 Å². The molecule has 0 N–H and O–H groups in total. The molecule has 1 aromatic carbocycles. The van der Waals surface area contributed by atoms with Gasteiger partial charge >= 0.3 is 11.9 Å². The number of carbonyl (C=O) groups excluding carboxylic acids is 2. The molecule has 0 aromatic heterocycles. The van der Waals surface area contributed by atoms with Crippen molar-refractivity contribution in [3.63, 3.8) is 0 Å². The van der Waals surface area contributed by atoms with Crippen LogP contribution in [0.15, 0.2) is 18.2 Å². The smallest absolute Gasteiger partial charge is 0.327 e. The van der Waals surface area contributed by atoms with E-state index in [1.54, 1.807) is 13.0 Å². The maximum atomic E-state index is 11.9. The number of nitrogens with zero attached hydrogens (tertiary/aromatic N) is 1. The topological polar surface area (TPSA) is 95.7 Å². The third-order valence-corrected chi connectivity index (χ3v) is 3.08. The number of nitro benzene ring substituents is 1. The standard InChI is InChI=1S/C13H15NO6/c1-8-5-6-9(10(7-8)14(17)18)13(2,11(15)19-3)12(16)20-4/h5-7H,1-4H3. The van der Waals surface area contributed by atoms with Crippen molar-refractivity contribution in [2.75, 3.05) is 14.2 Å². The lowest BCUT2D eigenvalue weighted by atomic mass is 9.81. The summed E-state index contributed by atoms with van der Waals surface area (Å²) in [6.07, 6.45) is 0. The second-order valence-corrected chi connectivity index (χ2v) is 4.39. The fraction of sp³-hybridized carbons (Fsp3) is 0.385. The largest absolute Gasteiger partial charge is 0.468 e. The molecule has 7 nitrogen and oxygen atoms in total. The van der Waals surface area contributed by atoms with Crippen LogP contribution < -0.4 is 0 Å². The van der Waals surface area contributed by atoms with Crippen LogP contribution >= 0.6 is 0 Å². The second-order valence-electron chi connectivity index (χ2n) is 4.39. The van der Waals surface area contributed by atoms with Crippen LogP contribution in [0.3, 0.4) is 0 Å². The number of methoxy groups -OCH3 is 2. The maximum Gasteiger partial charge on any atom is 0.327 e. The average Bonchev–Trinajstić information content (AvgIpc) is 2.44. The number of ether oxygens (including phenoxy) is 2. The van der Waals surface area contributed by atoms with Crippen LogP contribution in [0.1, 0.15) is 18.1 Å². The summed E-state index contributed by atoms with van der Waals surface area (Å²) in [4.78, 5) is 34.4. The number of nitro groups is 1. The molecule has 0 bridgehead atoms. The summed E-state index contributed by atoms with van der Waals surface area (Å²) in [5, 5.41) is 11.1. The van der Waals surface area contributed by atoms with E-state index in [1.165, 1.54) is 19.1 Å². The van der Waals surface area contributed by atoms with Crippen molar-refractivity contribution in [2.24, 2.45) is 0 Å². The predicted molar refractivity (Wildman–Crippen MR) is 69.2 cm³/mol. The SMILES string of the molecule is COC(=O)C(C)(C(=O)OC)c1ccc(C)cc1[N+](=O)[O-]. The molecule has 108 valence electrons. The molecule has 0 aliphatic rings. The lowest BCUT2D eigenvalue weighted by molar-refractivity contribution is -0.386. The molecule has 1 rings (SSSR count). The highest BCUT2D eigenvalue weighted by molar-refractivity contribution is 6.06. The maximum absolute atomic E-state index is 11.9. The van der Waals surface area contributed by atoms with E-state index in [0.717, 1.165) is 14.2 Å². The highest BCUT2D eigenvalue weighted by atomic mass is 16.6. The van der Waals surface area contributed by atoms with E-state index < -0.39 is 22.3 Å².